The molecule has 1 aliphatic carbocycles. The topological polar surface area (TPSA) is 150 Å². The highest BCUT2D eigenvalue weighted by atomic mass is 32.2. The van der Waals surface area contributed by atoms with Crippen LogP contribution in [0.2, 0.25) is 0 Å². The number of amides is 2. The number of carbonyl (C=O) groups excluding carboxylic acids is 2. The second kappa shape index (κ2) is 15.5. The third kappa shape index (κ3) is 7.98. The van der Waals surface area contributed by atoms with Crippen molar-refractivity contribution in [2.24, 2.45) is 0 Å². The van der Waals surface area contributed by atoms with Crippen LogP contribution in [0.4, 0.5) is 20.4 Å². The molecule has 2 amide bonds. The molecule has 5 heterocycles. The molecule has 1 aromatic carbocycles. The zero-order valence-corrected chi connectivity index (χ0v) is 30.0. The molecule has 3 aliphatic heterocycles. The summed E-state index contributed by atoms with van der Waals surface area (Å²) in [5, 5.41) is 6.11. The molecule has 2 aromatic heterocycles. The van der Waals surface area contributed by atoms with Crippen LogP contribution in [0.15, 0.2) is 41.3 Å². The third-order valence-electron chi connectivity index (χ3n) is 11.1. The molecule has 16 heteroatoms. The van der Waals surface area contributed by atoms with Gasteiger partial charge in [-0.1, -0.05) is 25.0 Å². The van der Waals surface area contributed by atoms with Crippen molar-refractivity contribution in [3.05, 3.63) is 58.0 Å². The predicted molar refractivity (Wildman–Crippen MR) is 193 cm³/mol. The predicted octanol–water partition coefficient (Wildman–Crippen LogP) is 3.78. The average molecular weight is 741 g/mol. The number of halogens is 2. The van der Waals surface area contributed by atoms with Gasteiger partial charge in [0.25, 0.3) is 12.0 Å². The van der Waals surface area contributed by atoms with Crippen molar-refractivity contribution in [1.82, 2.24) is 29.1 Å². The van der Waals surface area contributed by atoms with Crippen LogP contribution in [0.25, 0.3) is 11.0 Å². The van der Waals surface area contributed by atoms with E-state index in [9.17, 15) is 31.6 Å². The van der Waals surface area contributed by atoms with Gasteiger partial charge in [-0.2, -0.15) is 4.98 Å². The van der Waals surface area contributed by atoms with E-state index in [0.717, 1.165) is 63.1 Å². The summed E-state index contributed by atoms with van der Waals surface area (Å²) in [6, 6.07) is 8.93. The number of fused-ring (bicyclic) bond motifs is 1. The first-order chi connectivity index (χ1) is 25.1. The number of aromatic nitrogens is 3. The van der Waals surface area contributed by atoms with Gasteiger partial charge in [-0.15, -0.1) is 0 Å². The van der Waals surface area contributed by atoms with Crippen molar-refractivity contribution < 1.29 is 26.8 Å². The number of rotatable bonds is 11. The fourth-order valence-electron chi connectivity index (χ4n) is 8.09. The van der Waals surface area contributed by atoms with E-state index in [1.165, 1.54) is 16.8 Å². The van der Waals surface area contributed by atoms with Gasteiger partial charge in [0.15, 0.2) is 0 Å². The lowest BCUT2D eigenvalue weighted by molar-refractivity contribution is -0.134. The average Bonchev–Trinajstić information content (AvgIpc) is 3.67. The number of anilines is 2. The monoisotopic (exact) mass is 740 g/mol. The number of sulfonamides is 1. The SMILES string of the molecule is O=C1CCC(c2ccc(N3CCN(CCCS(=O)(=O)N4CCC(Nc5ncc6cc(C(F)F)c(=O)n(C7CCCC7)c6n5)CC4)CC3)cc2)C(=O)N1. The summed E-state index contributed by atoms with van der Waals surface area (Å²) in [6.45, 7) is 4.74. The quantitative estimate of drug-likeness (QED) is 0.278. The summed E-state index contributed by atoms with van der Waals surface area (Å²) in [5.41, 5.74) is 1.11. The van der Waals surface area contributed by atoms with E-state index in [4.69, 9.17) is 0 Å². The molecule has 3 saturated heterocycles. The van der Waals surface area contributed by atoms with Gasteiger partial charge < -0.3 is 10.2 Å². The zero-order valence-electron chi connectivity index (χ0n) is 29.2. The van der Waals surface area contributed by atoms with E-state index >= 15 is 0 Å². The van der Waals surface area contributed by atoms with Crippen molar-refractivity contribution in [2.45, 2.75) is 82.2 Å². The Balaban J connectivity index is 0.865. The minimum absolute atomic E-state index is 0.0687. The highest BCUT2D eigenvalue weighted by Gasteiger charge is 2.31. The van der Waals surface area contributed by atoms with Crippen LogP contribution in [0, 0.1) is 0 Å². The number of alkyl halides is 2. The third-order valence-corrected chi connectivity index (χ3v) is 13.0. The van der Waals surface area contributed by atoms with Crippen molar-refractivity contribution in [3.63, 3.8) is 0 Å². The number of nitrogens with one attached hydrogen (secondary N) is 2. The molecule has 3 aromatic rings. The Hall–Kier alpha value is -4.02. The Morgan fingerprint density at radius 2 is 1.63 bits per heavy atom. The Bertz CT molecular complexity index is 1940. The summed E-state index contributed by atoms with van der Waals surface area (Å²) in [5.74, 6) is -0.372. The highest BCUT2D eigenvalue weighted by molar-refractivity contribution is 7.89. The molecule has 280 valence electrons. The molecule has 4 fully saturated rings. The number of carbonyl (C=O) groups is 2. The van der Waals surface area contributed by atoms with Crippen LogP contribution >= 0.6 is 0 Å². The van der Waals surface area contributed by atoms with Gasteiger partial charge in [0.1, 0.15) is 5.65 Å². The second-order valence-corrected chi connectivity index (χ2v) is 16.5. The number of pyridine rings is 1. The van der Waals surface area contributed by atoms with Crippen molar-refractivity contribution in [2.75, 3.05) is 61.8 Å². The molecular weight excluding hydrogens is 695 g/mol. The number of piperidine rings is 2. The Kier molecular flexibility index (Phi) is 10.9. The van der Waals surface area contributed by atoms with Gasteiger partial charge in [-0.25, -0.2) is 26.5 Å². The molecule has 7 rings (SSSR count). The van der Waals surface area contributed by atoms with Gasteiger partial charge in [-0.05, 0) is 68.8 Å². The Morgan fingerprint density at radius 1 is 0.923 bits per heavy atom. The van der Waals surface area contributed by atoms with E-state index in [1.54, 1.807) is 4.31 Å². The van der Waals surface area contributed by atoms with E-state index in [0.29, 0.717) is 68.7 Å². The lowest BCUT2D eigenvalue weighted by atomic mass is 9.90. The number of imide groups is 1. The largest absolute Gasteiger partial charge is 0.369 e. The molecule has 1 saturated carbocycles. The second-order valence-electron chi connectivity index (χ2n) is 14.4. The highest BCUT2D eigenvalue weighted by Crippen LogP contribution is 2.32. The zero-order chi connectivity index (χ0) is 36.4. The normalized spacial score (nSPS) is 21.7. The van der Waals surface area contributed by atoms with Crippen LogP contribution in [-0.2, 0) is 19.6 Å². The molecule has 0 radical (unpaired) electrons. The molecular formula is C36H46F2N8O5S. The smallest absolute Gasteiger partial charge is 0.269 e. The van der Waals surface area contributed by atoms with E-state index in [1.807, 2.05) is 24.3 Å². The summed E-state index contributed by atoms with van der Waals surface area (Å²) in [6.07, 6.45) is 4.49. The van der Waals surface area contributed by atoms with Gasteiger partial charge >= 0.3 is 0 Å². The fraction of sp³-hybridized carbons (Fsp3) is 0.583. The number of hydrogen-bond acceptors (Lipinski definition) is 10. The lowest BCUT2D eigenvalue weighted by Crippen LogP contribution is -2.47. The molecule has 52 heavy (non-hydrogen) atoms. The first-order valence-corrected chi connectivity index (χ1v) is 20.0. The Morgan fingerprint density at radius 3 is 2.31 bits per heavy atom. The summed E-state index contributed by atoms with van der Waals surface area (Å²) >= 11 is 0. The molecule has 4 aliphatic rings. The van der Waals surface area contributed by atoms with Crippen LogP contribution < -0.4 is 21.1 Å². The van der Waals surface area contributed by atoms with Crippen LogP contribution in [0.1, 0.15) is 87.3 Å². The molecule has 13 nitrogen and oxygen atoms in total. The maximum atomic E-state index is 13.7. The van der Waals surface area contributed by atoms with Gasteiger partial charge in [0, 0.05) is 75.0 Å². The van der Waals surface area contributed by atoms with Crippen molar-refractivity contribution in [3.8, 4) is 0 Å². The van der Waals surface area contributed by atoms with E-state index in [-0.39, 0.29) is 35.6 Å². The summed E-state index contributed by atoms with van der Waals surface area (Å²) in [7, 11) is -3.42. The first-order valence-electron chi connectivity index (χ1n) is 18.4. The molecule has 2 N–H and O–H groups in total. The summed E-state index contributed by atoms with van der Waals surface area (Å²) < 4.78 is 56.9. The minimum atomic E-state index is -3.42. The van der Waals surface area contributed by atoms with Gasteiger partial charge in [0.2, 0.25) is 27.8 Å². The van der Waals surface area contributed by atoms with Gasteiger partial charge in [-0.3, -0.25) is 29.2 Å². The maximum Gasteiger partial charge on any atom is 0.269 e. The van der Waals surface area contributed by atoms with Crippen LogP contribution in [0.5, 0.6) is 0 Å². The number of nitrogens with zero attached hydrogens (tertiary/aromatic N) is 6. The van der Waals surface area contributed by atoms with Crippen molar-refractivity contribution in [1.29, 1.82) is 0 Å². The first kappa shape index (κ1) is 36.3. The summed E-state index contributed by atoms with van der Waals surface area (Å²) in [4.78, 5) is 50.3. The van der Waals surface area contributed by atoms with E-state index < -0.39 is 27.6 Å². The number of hydrogen-bond donors (Lipinski definition) is 2. The van der Waals surface area contributed by atoms with Gasteiger partial charge in [0.05, 0.1) is 17.2 Å². The van der Waals surface area contributed by atoms with Crippen LogP contribution in [0.3, 0.4) is 0 Å². The van der Waals surface area contributed by atoms with Crippen LogP contribution in [-0.4, -0.2) is 102 Å². The standard InChI is InChI=1S/C36H46F2N8O5S/c37-32(38)30-22-25-23-39-36(42-33(25)46(35(30)49)28-4-1-2-5-28)40-26-12-15-45(16-13-26)52(50,51)21-3-14-43-17-19-44(20-18-43)27-8-6-24(7-9-27)29-10-11-31(47)41-34(29)48/h6-9,22-23,26,28-29,32H,1-5,10-21H2,(H,39,40,42)(H,41,47,48). The lowest BCUT2D eigenvalue weighted by Gasteiger charge is -2.36. The molecule has 0 spiro atoms. The number of piperazine rings is 1. The molecule has 0 bridgehead atoms. The Labute approximate surface area is 301 Å². The number of benzene rings is 1. The molecule has 1 unspecified atom stereocenters. The van der Waals surface area contributed by atoms with E-state index in [2.05, 4.69) is 30.4 Å². The maximum absolute atomic E-state index is 13.7. The minimum Gasteiger partial charge on any atom is -0.369 e. The molecule has 1 atom stereocenters. The fourth-order valence-corrected chi connectivity index (χ4v) is 9.61. The van der Waals surface area contributed by atoms with Crippen molar-refractivity contribution >= 4 is 44.5 Å².